The zero-order chi connectivity index (χ0) is 22.8. The quantitative estimate of drug-likeness (QED) is 0.427. The largest absolute Gasteiger partial charge is 0.320 e. The lowest BCUT2D eigenvalue weighted by Crippen LogP contribution is -2.12. The van der Waals surface area contributed by atoms with Gasteiger partial charge in [-0.1, -0.05) is 29.8 Å². The van der Waals surface area contributed by atoms with Crippen molar-refractivity contribution < 1.29 is 9.18 Å². The van der Waals surface area contributed by atoms with Crippen molar-refractivity contribution in [3.63, 3.8) is 0 Å². The second kappa shape index (κ2) is 8.51. The lowest BCUT2D eigenvalue weighted by molar-refractivity contribution is 0.102. The van der Waals surface area contributed by atoms with Crippen LogP contribution in [0, 0.1) is 12.7 Å². The molecule has 0 spiro atoms. The zero-order valence-corrected chi connectivity index (χ0v) is 17.7. The molecule has 1 amide bonds. The average molecular weight is 438 g/mol. The van der Waals surface area contributed by atoms with Gasteiger partial charge in [-0.05, 0) is 43.3 Å². The second-order valence-corrected chi connectivity index (χ2v) is 7.51. The molecule has 8 heteroatoms. The number of benzene rings is 2. The maximum Gasteiger partial charge on any atom is 0.259 e. The number of imidazole rings is 1. The van der Waals surface area contributed by atoms with Gasteiger partial charge in [0.25, 0.3) is 5.91 Å². The van der Waals surface area contributed by atoms with E-state index in [1.807, 2.05) is 31.2 Å². The molecule has 0 unspecified atom stereocenters. The number of aryl methyl sites for hydroxylation is 1. The van der Waals surface area contributed by atoms with Crippen LogP contribution in [0.5, 0.6) is 0 Å². The van der Waals surface area contributed by atoms with E-state index in [0.29, 0.717) is 28.5 Å². The third-order valence-corrected chi connectivity index (χ3v) is 5.15. The lowest BCUT2D eigenvalue weighted by Gasteiger charge is -2.07. The third-order valence-electron chi connectivity index (χ3n) is 5.15. The molecule has 1 N–H and O–H groups in total. The molecule has 0 radical (unpaired) electrons. The highest BCUT2D eigenvalue weighted by Gasteiger charge is 2.19. The number of nitrogens with zero attached hydrogens (tertiary/aromatic N) is 5. The predicted molar refractivity (Wildman–Crippen MR) is 123 cm³/mol. The van der Waals surface area contributed by atoms with Crippen LogP contribution >= 0.6 is 0 Å². The molecule has 162 valence electrons. The first kappa shape index (κ1) is 20.3. The Labute approximate surface area is 189 Å². The minimum atomic E-state index is -0.339. The second-order valence-electron chi connectivity index (χ2n) is 7.51. The molecule has 0 bridgehead atoms. The number of anilines is 1. The summed E-state index contributed by atoms with van der Waals surface area (Å²) in [4.78, 5) is 21.6. The van der Waals surface area contributed by atoms with Gasteiger partial charge >= 0.3 is 0 Å². The molecule has 3 heterocycles. The standard InChI is InChI=1S/C25H19FN6O/c1-17-2-4-18(5-3-17)24-22(15-32(30-24)21-9-6-19(26)7-10-21)25(33)29-20-8-11-23(28-14-20)31-13-12-27-16-31/h2-16H,1H3,(H,29,33). The molecule has 5 aromatic rings. The van der Waals surface area contributed by atoms with E-state index < -0.39 is 0 Å². The number of carbonyl (C=O) groups is 1. The van der Waals surface area contributed by atoms with Crippen molar-refractivity contribution in [3.05, 3.63) is 109 Å². The summed E-state index contributed by atoms with van der Waals surface area (Å²) in [5, 5.41) is 7.51. The number of rotatable bonds is 5. The Balaban J connectivity index is 1.48. The van der Waals surface area contributed by atoms with Crippen molar-refractivity contribution in [2.45, 2.75) is 6.92 Å². The fourth-order valence-electron chi connectivity index (χ4n) is 3.40. The van der Waals surface area contributed by atoms with Crippen molar-refractivity contribution in [3.8, 4) is 22.8 Å². The van der Waals surface area contributed by atoms with Gasteiger partial charge in [0.15, 0.2) is 0 Å². The molecule has 7 nitrogen and oxygen atoms in total. The Bertz CT molecular complexity index is 1390. The predicted octanol–water partition coefficient (Wildman–Crippen LogP) is 4.82. The first-order valence-corrected chi connectivity index (χ1v) is 10.3. The molecule has 0 atom stereocenters. The Morgan fingerprint density at radius 3 is 2.45 bits per heavy atom. The van der Waals surface area contributed by atoms with Crippen LogP contribution in [0.25, 0.3) is 22.8 Å². The summed E-state index contributed by atoms with van der Waals surface area (Å²) >= 11 is 0. The summed E-state index contributed by atoms with van der Waals surface area (Å²) in [6.07, 6.45) is 8.34. The average Bonchev–Trinajstić information content (AvgIpc) is 3.51. The van der Waals surface area contributed by atoms with Gasteiger partial charge in [-0.15, -0.1) is 0 Å². The van der Waals surface area contributed by atoms with Crippen molar-refractivity contribution in [1.29, 1.82) is 0 Å². The van der Waals surface area contributed by atoms with E-state index >= 15 is 0 Å². The molecule has 0 aliphatic carbocycles. The summed E-state index contributed by atoms with van der Waals surface area (Å²) in [6.45, 7) is 2.00. The number of aromatic nitrogens is 5. The van der Waals surface area contributed by atoms with Gasteiger partial charge in [0.05, 0.1) is 23.1 Å². The summed E-state index contributed by atoms with van der Waals surface area (Å²) in [6, 6.07) is 17.3. The van der Waals surface area contributed by atoms with Crippen molar-refractivity contribution in [2.24, 2.45) is 0 Å². The van der Waals surface area contributed by atoms with Crippen molar-refractivity contribution in [1.82, 2.24) is 24.3 Å². The Morgan fingerprint density at radius 2 is 1.79 bits per heavy atom. The maximum atomic E-state index is 13.4. The fourth-order valence-corrected chi connectivity index (χ4v) is 3.40. The third kappa shape index (κ3) is 4.27. The first-order valence-electron chi connectivity index (χ1n) is 10.3. The number of hydrogen-bond acceptors (Lipinski definition) is 4. The van der Waals surface area contributed by atoms with Crippen molar-refractivity contribution in [2.75, 3.05) is 5.32 Å². The van der Waals surface area contributed by atoms with Gasteiger partial charge in [-0.25, -0.2) is 19.0 Å². The summed E-state index contributed by atoms with van der Waals surface area (Å²) < 4.78 is 16.7. The van der Waals surface area contributed by atoms with Gasteiger partial charge in [0, 0.05) is 24.2 Å². The topological polar surface area (TPSA) is 77.6 Å². The van der Waals surface area contributed by atoms with Gasteiger partial charge in [-0.2, -0.15) is 5.10 Å². The Morgan fingerprint density at radius 1 is 1.00 bits per heavy atom. The number of pyridine rings is 1. The van der Waals surface area contributed by atoms with Crippen LogP contribution in [-0.4, -0.2) is 30.2 Å². The van der Waals surface area contributed by atoms with Gasteiger partial charge < -0.3 is 5.32 Å². The zero-order valence-electron chi connectivity index (χ0n) is 17.7. The Hall–Kier alpha value is -4.59. The van der Waals surface area contributed by atoms with E-state index in [1.165, 1.54) is 12.1 Å². The van der Waals surface area contributed by atoms with E-state index in [2.05, 4.69) is 20.4 Å². The number of nitrogens with one attached hydrogen (secondary N) is 1. The molecule has 0 aliphatic heterocycles. The van der Waals surface area contributed by atoms with Crippen LogP contribution in [0.15, 0.2) is 91.8 Å². The van der Waals surface area contributed by atoms with Crippen LogP contribution in [0.2, 0.25) is 0 Å². The van der Waals surface area contributed by atoms with Gasteiger partial charge in [-0.3, -0.25) is 9.36 Å². The van der Waals surface area contributed by atoms with Gasteiger partial charge in [0.2, 0.25) is 0 Å². The van der Waals surface area contributed by atoms with Crippen LogP contribution in [0.1, 0.15) is 15.9 Å². The summed E-state index contributed by atoms with van der Waals surface area (Å²) in [5.41, 5.74) is 4.03. The highest BCUT2D eigenvalue weighted by Crippen LogP contribution is 2.25. The van der Waals surface area contributed by atoms with E-state index in [-0.39, 0.29) is 11.7 Å². The lowest BCUT2D eigenvalue weighted by atomic mass is 10.1. The molecule has 0 fully saturated rings. The summed E-state index contributed by atoms with van der Waals surface area (Å²) in [7, 11) is 0. The monoisotopic (exact) mass is 438 g/mol. The first-order chi connectivity index (χ1) is 16.1. The van der Waals surface area contributed by atoms with Crippen LogP contribution in [-0.2, 0) is 0 Å². The number of amides is 1. The molecule has 3 aromatic heterocycles. The molecule has 0 aliphatic rings. The van der Waals surface area contributed by atoms with E-state index in [4.69, 9.17) is 0 Å². The molecule has 5 rings (SSSR count). The van der Waals surface area contributed by atoms with Crippen LogP contribution < -0.4 is 5.32 Å². The normalized spacial score (nSPS) is 10.8. The SMILES string of the molecule is Cc1ccc(-c2nn(-c3ccc(F)cc3)cc2C(=O)Nc2ccc(-n3ccnc3)nc2)cc1. The highest BCUT2D eigenvalue weighted by atomic mass is 19.1. The van der Waals surface area contributed by atoms with Gasteiger partial charge in [0.1, 0.15) is 23.7 Å². The molecular weight excluding hydrogens is 419 g/mol. The van der Waals surface area contributed by atoms with Crippen LogP contribution in [0.4, 0.5) is 10.1 Å². The van der Waals surface area contributed by atoms with E-state index in [9.17, 15) is 9.18 Å². The molecule has 33 heavy (non-hydrogen) atoms. The summed E-state index contributed by atoms with van der Waals surface area (Å²) in [5.74, 6) is 0.0281. The minimum Gasteiger partial charge on any atom is -0.320 e. The molecular formula is C25H19FN6O. The van der Waals surface area contributed by atoms with Crippen LogP contribution in [0.3, 0.4) is 0 Å². The molecule has 0 saturated heterocycles. The number of hydrogen-bond donors (Lipinski definition) is 1. The molecule has 2 aromatic carbocycles. The highest BCUT2D eigenvalue weighted by molar-refractivity contribution is 6.08. The Kier molecular flexibility index (Phi) is 5.24. The van der Waals surface area contributed by atoms with E-state index in [1.54, 1.807) is 64.6 Å². The molecule has 0 saturated carbocycles. The minimum absolute atomic E-state index is 0.323. The van der Waals surface area contributed by atoms with Crippen molar-refractivity contribution >= 4 is 11.6 Å². The number of carbonyl (C=O) groups excluding carboxylic acids is 1. The fraction of sp³-hybridized carbons (Fsp3) is 0.0400. The smallest absolute Gasteiger partial charge is 0.259 e. The maximum absolute atomic E-state index is 13.4. The van der Waals surface area contributed by atoms with E-state index in [0.717, 1.165) is 11.1 Å². The number of halogens is 1.